The molecule has 0 saturated carbocycles. The number of amides is 2. The largest absolute Gasteiger partial charge is 0.290 e. The Morgan fingerprint density at radius 3 is 2.35 bits per heavy atom. The molecule has 0 aliphatic rings. The van der Waals surface area contributed by atoms with E-state index >= 15 is 0 Å². The van der Waals surface area contributed by atoms with Gasteiger partial charge >= 0.3 is 0 Å². The molecule has 0 fully saturated rings. The van der Waals surface area contributed by atoms with Crippen molar-refractivity contribution < 1.29 is 18.0 Å². The molecule has 1 heterocycles. The first-order valence-corrected chi connectivity index (χ1v) is 9.70. The lowest BCUT2D eigenvalue weighted by atomic mass is 10.1. The Kier molecular flexibility index (Phi) is 6.27. The summed E-state index contributed by atoms with van der Waals surface area (Å²) in [6, 6.07) is 6.71. The molecule has 10 heteroatoms. The van der Waals surface area contributed by atoms with Gasteiger partial charge in [0.15, 0.2) is 5.69 Å². The van der Waals surface area contributed by atoms with E-state index < -0.39 is 26.8 Å². The molecular formula is C16H17ClN4O4S. The molecule has 0 spiro atoms. The van der Waals surface area contributed by atoms with Crippen molar-refractivity contribution in [2.75, 3.05) is 5.75 Å². The van der Waals surface area contributed by atoms with E-state index in [1.54, 1.807) is 31.2 Å². The van der Waals surface area contributed by atoms with Crippen LogP contribution in [-0.2, 0) is 9.84 Å². The smallest absolute Gasteiger partial charge is 0.267 e. The van der Waals surface area contributed by atoms with Crippen LogP contribution in [0.2, 0.25) is 5.02 Å². The minimum atomic E-state index is -3.71. The lowest BCUT2D eigenvalue weighted by Crippen LogP contribution is -2.42. The fourth-order valence-electron chi connectivity index (χ4n) is 1.97. The van der Waals surface area contributed by atoms with Gasteiger partial charge in [-0.3, -0.25) is 20.4 Å². The van der Waals surface area contributed by atoms with Crippen LogP contribution in [0.4, 0.5) is 0 Å². The van der Waals surface area contributed by atoms with E-state index in [0.29, 0.717) is 12.0 Å². The van der Waals surface area contributed by atoms with Crippen molar-refractivity contribution in [1.29, 1.82) is 0 Å². The number of sulfone groups is 1. The highest BCUT2D eigenvalue weighted by molar-refractivity contribution is 7.91. The summed E-state index contributed by atoms with van der Waals surface area (Å²) >= 11 is 5.87. The maximum absolute atomic E-state index is 12.2. The standard InChI is InChI=1S/C16H17ClN4O4S/c1-3-8-26(24,25)16-18-9-12(17)13(19-16)15(23)21-20-14(22)11-6-4-10(2)5-7-11/h4-7,9H,3,8H2,1-2H3,(H,20,22)(H,21,23). The van der Waals surface area contributed by atoms with Gasteiger partial charge in [-0.2, -0.15) is 0 Å². The van der Waals surface area contributed by atoms with E-state index in [9.17, 15) is 18.0 Å². The number of nitrogens with one attached hydrogen (secondary N) is 2. The van der Waals surface area contributed by atoms with E-state index in [1.807, 2.05) is 6.92 Å². The fraction of sp³-hybridized carbons (Fsp3) is 0.250. The molecule has 2 amide bonds. The Bertz CT molecular complexity index is 930. The predicted molar refractivity (Wildman–Crippen MR) is 95.5 cm³/mol. The van der Waals surface area contributed by atoms with Crippen molar-refractivity contribution in [3.63, 3.8) is 0 Å². The second-order valence-corrected chi connectivity index (χ2v) is 7.85. The average molecular weight is 397 g/mol. The Balaban J connectivity index is 2.14. The summed E-state index contributed by atoms with van der Waals surface area (Å²) in [7, 11) is -3.71. The summed E-state index contributed by atoms with van der Waals surface area (Å²) in [5.74, 6) is -1.55. The zero-order valence-electron chi connectivity index (χ0n) is 14.1. The Hall–Kier alpha value is -2.52. The van der Waals surface area contributed by atoms with Gasteiger partial charge in [0.2, 0.25) is 15.0 Å². The molecule has 0 aliphatic heterocycles. The van der Waals surface area contributed by atoms with Gasteiger partial charge in [0, 0.05) is 5.56 Å². The second-order valence-electron chi connectivity index (χ2n) is 5.44. The molecule has 2 aromatic rings. The summed E-state index contributed by atoms with van der Waals surface area (Å²) < 4.78 is 24.1. The first-order valence-electron chi connectivity index (χ1n) is 7.67. The van der Waals surface area contributed by atoms with Crippen LogP contribution in [0.5, 0.6) is 0 Å². The van der Waals surface area contributed by atoms with Crippen LogP contribution in [0.1, 0.15) is 39.8 Å². The SMILES string of the molecule is CCCS(=O)(=O)c1ncc(Cl)c(C(=O)NNC(=O)c2ccc(C)cc2)n1. The number of nitrogens with zero attached hydrogens (tertiary/aromatic N) is 2. The first kappa shape index (κ1) is 19.8. The van der Waals surface area contributed by atoms with Gasteiger partial charge in [-0.15, -0.1) is 0 Å². The van der Waals surface area contributed by atoms with Crippen molar-refractivity contribution in [2.24, 2.45) is 0 Å². The number of carbonyl (C=O) groups excluding carboxylic acids is 2. The molecule has 1 aromatic carbocycles. The highest BCUT2D eigenvalue weighted by Gasteiger charge is 2.22. The molecule has 0 radical (unpaired) electrons. The van der Waals surface area contributed by atoms with Crippen molar-refractivity contribution in [3.05, 3.63) is 52.3 Å². The molecule has 138 valence electrons. The molecule has 26 heavy (non-hydrogen) atoms. The minimum Gasteiger partial charge on any atom is -0.267 e. The maximum atomic E-state index is 12.2. The van der Waals surface area contributed by atoms with Gasteiger partial charge in [0.05, 0.1) is 17.0 Å². The van der Waals surface area contributed by atoms with Crippen molar-refractivity contribution in [2.45, 2.75) is 25.4 Å². The molecule has 8 nitrogen and oxygen atoms in total. The van der Waals surface area contributed by atoms with Crippen molar-refractivity contribution >= 4 is 33.3 Å². The fourth-order valence-corrected chi connectivity index (χ4v) is 3.31. The molecule has 2 N–H and O–H groups in total. The van der Waals surface area contributed by atoms with E-state index in [-0.39, 0.29) is 16.5 Å². The summed E-state index contributed by atoms with van der Waals surface area (Å²) in [5.41, 5.74) is 5.36. The molecule has 0 unspecified atom stereocenters. The average Bonchev–Trinajstić information content (AvgIpc) is 2.60. The van der Waals surface area contributed by atoms with Gasteiger partial charge in [-0.1, -0.05) is 36.2 Å². The van der Waals surface area contributed by atoms with Crippen LogP contribution < -0.4 is 10.9 Å². The van der Waals surface area contributed by atoms with Crippen molar-refractivity contribution in [3.8, 4) is 0 Å². The third-order valence-corrected chi connectivity index (χ3v) is 5.27. The molecule has 0 bridgehead atoms. The van der Waals surface area contributed by atoms with Gasteiger partial charge < -0.3 is 0 Å². The summed E-state index contributed by atoms with van der Waals surface area (Å²) in [5, 5.41) is -0.624. The number of hydrogen-bond donors (Lipinski definition) is 2. The van der Waals surface area contributed by atoms with E-state index in [4.69, 9.17) is 11.6 Å². The molecule has 0 saturated heterocycles. The molecule has 1 aromatic heterocycles. The van der Waals surface area contributed by atoms with Crippen LogP contribution in [0.15, 0.2) is 35.6 Å². The number of aryl methyl sites for hydroxylation is 1. The third-order valence-electron chi connectivity index (χ3n) is 3.29. The summed E-state index contributed by atoms with van der Waals surface area (Å²) in [6.45, 7) is 3.58. The number of halogens is 1. The number of carbonyl (C=O) groups is 2. The summed E-state index contributed by atoms with van der Waals surface area (Å²) in [4.78, 5) is 31.6. The van der Waals surface area contributed by atoms with E-state index in [1.165, 1.54) is 0 Å². The predicted octanol–water partition coefficient (Wildman–Crippen LogP) is 1.70. The Morgan fingerprint density at radius 2 is 1.73 bits per heavy atom. The Morgan fingerprint density at radius 1 is 1.12 bits per heavy atom. The van der Waals surface area contributed by atoms with Gasteiger partial charge in [0.25, 0.3) is 11.8 Å². The lowest BCUT2D eigenvalue weighted by molar-refractivity contribution is 0.0843. The van der Waals surface area contributed by atoms with Crippen LogP contribution in [-0.4, -0.2) is 36.0 Å². The highest BCUT2D eigenvalue weighted by atomic mass is 35.5. The molecule has 2 rings (SSSR count). The third kappa shape index (κ3) is 4.77. The topological polar surface area (TPSA) is 118 Å². The van der Waals surface area contributed by atoms with Crippen molar-refractivity contribution in [1.82, 2.24) is 20.8 Å². The molecular weight excluding hydrogens is 380 g/mol. The van der Waals surface area contributed by atoms with Gasteiger partial charge in [-0.25, -0.2) is 18.4 Å². The number of aromatic nitrogens is 2. The normalized spacial score (nSPS) is 11.0. The quantitative estimate of drug-likeness (QED) is 0.586. The zero-order chi connectivity index (χ0) is 19.3. The molecule has 0 atom stereocenters. The maximum Gasteiger partial charge on any atom is 0.290 e. The molecule has 0 aliphatic carbocycles. The highest BCUT2D eigenvalue weighted by Crippen LogP contribution is 2.15. The first-order chi connectivity index (χ1) is 12.2. The lowest BCUT2D eigenvalue weighted by Gasteiger charge is -2.09. The number of hydrogen-bond acceptors (Lipinski definition) is 6. The van der Waals surface area contributed by atoms with E-state index in [2.05, 4.69) is 20.8 Å². The summed E-state index contributed by atoms with van der Waals surface area (Å²) in [6.07, 6.45) is 1.41. The number of benzene rings is 1. The van der Waals surface area contributed by atoms with Gasteiger partial charge in [0.1, 0.15) is 0 Å². The van der Waals surface area contributed by atoms with Crippen LogP contribution >= 0.6 is 11.6 Å². The monoisotopic (exact) mass is 396 g/mol. The second kappa shape index (κ2) is 8.24. The minimum absolute atomic E-state index is 0.137. The number of rotatable bonds is 5. The van der Waals surface area contributed by atoms with Crippen LogP contribution in [0.3, 0.4) is 0 Å². The number of hydrazine groups is 1. The Labute approximate surface area is 155 Å². The van der Waals surface area contributed by atoms with Gasteiger partial charge in [-0.05, 0) is 25.5 Å². The van der Waals surface area contributed by atoms with Crippen LogP contribution in [0, 0.1) is 6.92 Å². The van der Waals surface area contributed by atoms with Crippen LogP contribution in [0.25, 0.3) is 0 Å². The van der Waals surface area contributed by atoms with E-state index in [0.717, 1.165) is 11.8 Å². The zero-order valence-corrected chi connectivity index (χ0v) is 15.7.